The first-order valence-corrected chi connectivity index (χ1v) is 15.9. The van der Waals surface area contributed by atoms with Gasteiger partial charge in [-0.25, -0.2) is 14.6 Å². The number of ether oxygens (including phenoxy) is 3. The zero-order valence-corrected chi connectivity index (χ0v) is 26.6. The van der Waals surface area contributed by atoms with Crippen molar-refractivity contribution in [3.05, 3.63) is 0 Å². The summed E-state index contributed by atoms with van der Waals surface area (Å²) in [5.74, 6) is -3.55. The van der Waals surface area contributed by atoms with Crippen molar-refractivity contribution in [3.63, 3.8) is 0 Å². The first kappa shape index (κ1) is 33.6. The van der Waals surface area contributed by atoms with Gasteiger partial charge in [0.25, 0.3) is 0 Å². The highest BCUT2D eigenvalue weighted by atomic mass is 17.3. The summed E-state index contributed by atoms with van der Waals surface area (Å²) in [6, 6.07) is -1.99. The smallest absolute Gasteiger partial charge is 0.326 e. The third-order valence-electron chi connectivity index (χ3n) is 10.0. The summed E-state index contributed by atoms with van der Waals surface area (Å²) >= 11 is 0. The van der Waals surface area contributed by atoms with Gasteiger partial charge in [0.1, 0.15) is 12.1 Å². The SMILES string of the molecule is CC[C@@H](C)[C@H](NC(=O)[C@H](CC(C)C)NC(=O)CCC(=O)O[C@@H]1O[C@@H]2O[C@]3(C)CC[C@H]4[C@H](C)CC[C@@H]([C@H]1C)[C@@]24OO3)C(=O)O. The van der Waals surface area contributed by atoms with Crippen molar-refractivity contribution in [1.29, 1.82) is 0 Å². The molecule has 244 valence electrons. The predicted molar refractivity (Wildman–Crippen MR) is 153 cm³/mol. The summed E-state index contributed by atoms with van der Waals surface area (Å²) in [7, 11) is 0. The van der Waals surface area contributed by atoms with Gasteiger partial charge in [-0.3, -0.25) is 14.4 Å². The molecule has 11 atom stereocenters. The molecule has 0 aromatic rings. The summed E-state index contributed by atoms with van der Waals surface area (Å²) in [6.45, 7) is 13.4. The van der Waals surface area contributed by atoms with Gasteiger partial charge in [0, 0.05) is 24.7 Å². The fraction of sp³-hybridized carbons (Fsp3) is 0.871. The van der Waals surface area contributed by atoms with Crippen molar-refractivity contribution in [2.75, 3.05) is 0 Å². The molecule has 4 heterocycles. The molecule has 4 saturated heterocycles. The van der Waals surface area contributed by atoms with Crippen LogP contribution in [0.15, 0.2) is 0 Å². The van der Waals surface area contributed by atoms with Crippen molar-refractivity contribution in [2.45, 2.75) is 136 Å². The Balaban J connectivity index is 1.35. The number of amides is 2. The minimum atomic E-state index is -1.13. The topological polar surface area (TPSA) is 159 Å². The van der Waals surface area contributed by atoms with Crippen molar-refractivity contribution in [3.8, 4) is 0 Å². The monoisotopic (exact) mass is 610 g/mol. The van der Waals surface area contributed by atoms with Crippen LogP contribution in [0.1, 0.15) is 99.8 Å². The number of carbonyl (C=O) groups excluding carboxylic acids is 3. The third-order valence-corrected chi connectivity index (χ3v) is 10.0. The van der Waals surface area contributed by atoms with E-state index in [1.54, 1.807) is 6.92 Å². The maximum atomic E-state index is 13.0. The number of carbonyl (C=O) groups is 4. The van der Waals surface area contributed by atoms with Crippen LogP contribution in [0, 0.1) is 35.5 Å². The van der Waals surface area contributed by atoms with Crippen LogP contribution in [0.3, 0.4) is 0 Å². The molecule has 12 nitrogen and oxygen atoms in total. The molecule has 5 rings (SSSR count). The van der Waals surface area contributed by atoms with Crippen LogP contribution in [-0.2, 0) is 43.2 Å². The standard InChI is InChI=1S/C31H50N2O10/c1-8-17(4)25(27(37)38)33-26(36)22(15-16(2)3)32-23(34)11-12-24(35)39-28-19(6)21-10-9-18(5)20-13-14-30(7)41-29(40-28)31(20,21)43-42-30/h16-22,25,28-29H,8-15H2,1-7H3,(H,32,34)(H,33,36)(H,37,38)/t17-,18-,19-,20+,21+,22+,25+,28-,29-,30+,31-/m1/s1. The van der Waals surface area contributed by atoms with Gasteiger partial charge < -0.3 is 30.0 Å². The molecule has 43 heavy (non-hydrogen) atoms. The number of rotatable bonds is 12. The van der Waals surface area contributed by atoms with E-state index in [0.717, 1.165) is 19.3 Å². The van der Waals surface area contributed by atoms with E-state index in [9.17, 15) is 24.3 Å². The first-order chi connectivity index (χ1) is 20.2. The molecule has 0 aromatic carbocycles. The van der Waals surface area contributed by atoms with Gasteiger partial charge in [-0.15, -0.1) is 0 Å². The summed E-state index contributed by atoms with van der Waals surface area (Å²) in [6.07, 6.45) is 2.31. The minimum Gasteiger partial charge on any atom is -0.480 e. The lowest BCUT2D eigenvalue weighted by Crippen LogP contribution is -2.70. The van der Waals surface area contributed by atoms with Crippen molar-refractivity contribution in [1.82, 2.24) is 10.6 Å². The van der Waals surface area contributed by atoms with E-state index in [4.69, 9.17) is 24.0 Å². The second kappa shape index (κ2) is 13.4. The third kappa shape index (κ3) is 7.02. The number of hydrogen-bond acceptors (Lipinski definition) is 9. The Kier molecular flexibility index (Phi) is 10.5. The molecule has 3 N–H and O–H groups in total. The van der Waals surface area contributed by atoms with Crippen LogP contribution < -0.4 is 10.6 Å². The second-order valence-corrected chi connectivity index (χ2v) is 13.7. The van der Waals surface area contributed by atoms with Gasteiger partial charge in [-0.05, 0) is 56.3 Å². The summed E-state index contributed by atoms with van der Waals surface area (Å²) < 4.78 is 18.4. The molecule has 4 aliphatic heterocycles. The predicted octanol–water partition coefficient (Wildman–Crippen LogP) is 3.66. The Labute approximate surface area is 254 Å². The second-order valence-electron chi connectivity index (χ2n) is 13.7. The Morgan fingerprint density at radius 3 is 2.37 bits per heavy atom. The fourth-order valence-electron chi connectivity index (χ4n) is 7.32. The molecular formula is C31H50N2O10. The summed E-state index contributed by atoms with van der Waals surface area (Å²) in [5.41, 5.74) is -0.767. The van der Waals surface area contributed by atoms with Crippen LogP contribution in [0.5, 0.6) is 0 Å². The number of aliphatic carboxylic acids is 1. The first-order valence-electron chi connectivity index (χ1n) is 15.9. The van der Waals surface area contributed by atoms with Crippen LogP contribution in [0.2, 0.25) is 0 Å². The van der Waals surface area contributed by atoms with Crippen LogP contribution >= 0.6 is 0 Å². The van der Waals surface area contributed by atoms with Crippen molar-refractivity contribution < 1.29 is 48.3 Å². The molecule has 2 amide bonds. The van der Waals surface area contributed by atoms with Crippen LogP contribution in [0.25, 0.3) is 0 Å². The van der Waals surface area contributed by atoms with Gasteiger partial charge in [0.05, 0.1) is 6.42 Å². The van der Waals surface area contributed by atoms with Crippen LogP contribution in [-0.4, -0.2) is 64.9 Å². The Morgan fingerprint density at radius 2 is 1.72 bits per heavy atom. The van der Waals surface area contributed by atoms with E-state index in [0.29, 0.717) is 25.2 Å². The minimum absolute atomic E-state index is 0.00319. The maximum Gasteiger partial charge on any atom is 0.326 e. The van der Waals surface area contributed by atoms with E-state index in [2.05, 4.69) is 17.6 Å². The van der Waals surface area contributed by atoms with Gasteiger partial charge in [-0.2, -0.15) is 0 Å². The fourth-order valence-corrected chi connectivity index (χ4v) is 7.32. The van der Waals surface area contributed by atoms with Crippen molar-refractivity contribution in [2.24, 2.45) is 35.5 Å². The molecular weight excluding hydrogens is 560 g/mol. The Morgan fingerprint density at radius 1 is 1.00 bits per heavy atom. The van der Waals surface area contributed by atoms with Gasteiger partial charge in [-0.1, -0.05) is 48.0 Å². The Hall–Kier alpha value is -2.28. The van der Waals surface area contributed by atoms with E-state index < -0.39 is 59.8 Å². The lowest BCUT2D eigenvalue weighted by Gasteiger charge is -2.59. The molecule has 0 radical (unpaired) electrons. The Bertz CT molecular complexity index is 1050. The molecule has 1 aliphatic carbocycles. The van der Waals surface area contributed by atoms with Gasteiger partial charge in [0.15, 0.2) is 11.9 Å². The zero-order chi connectivity index (χ0) is 31.7. The molecule has 5 aliphatic rings. The summed E-state index contributed by atoms with van der Waals surface area (Å²) in [4.78, 5) is 62.4. The average Bonchev–Trinajstić information content (AvgIpc) is 3.17. The molecule has 2 bridgehead atoms. The number of fused-ring (bicyclic) bond motifs is 2. The molecule has 0 aromatic heterocycles. The largest absolute Gasteiger partial charge is 0.480 e. The molecule has 12 heteroatoms. The number of hydrogen-bond donors (Lipinski definition) is 3. The van der Waals surface area contributed by atoms with Gasteiger partial charge in [0.2, 0.25) is 23.9 Å². The molecule has 5 fully saturated rings. The maximum absolute atomic E-state index is 13.0. The molecule has 1 saturated carbocycles. The van der Waals surface area contributed by atoms with Crippen molar-refractivity contribution >= 4 is 23.8 Å². The highest BCUT2D eigenvalue weighted by Gasteiger charge is 2.69. The van der Waals surface area contributed by atoms with E-state index in [1.807, 2.05) is 34.6 Å². The van der Waals surface area contributed by atoms with E-state index in [-0.39, 0.29) is 42.4 Å². The summed E-state index contributed by atoms with van der Waals surface area (Å²) in [5, 5.41) is 14.8. The highest BCUT2D eigenvalue weighted by molar-refractivity contribution is 5.91. The van der Waals surface area contributed by atoms with Gasteiger partial charge >= 0.3 is 11.9 Å². The lowest BCUT2D eigenvalue weighted by molar-refractivity contribution is -0.576. The lowest BCUT2D eigenvalue weighted by atomic mass is 9.58. The van der Waals surface area contributed by atoms with E-state index >= 15 is 0 Å². The number of carboxylic acid groups (broad SMARTS) is 1. The average molecular weight is 611 g/mol. The highest BCUT2D eigenvalue weighted by Crippen LogP contribution is 2.60. The quantitative estimate of drug-likeness (QED) is 0.220. The number of esters is 1. The normalized spacial score (nSPS) is 36.9. The van der Waals surface area contributed by atoms with Crippen LogP contribution in [0.4, 0.5) is 0 Å². The zero-order valence-electron chi connectivity index (χ0n) is 26.6. The number of carboxylic acids is 1. The molecule has 1 spiro atoms. The number of nitrogens with one attached hydrogen (secondary N) is 2. The van der Waals surface area contributed by atoms with E-state index in [1.165, 1.54) is 0 Å². The molecule has 0 unspecified atom stereocenters.